The van der Waals surface area contributed by atoms with Crippen molar-refractivity contribution in [3.63, 3.8) is 0 Å². The number of carbonyl (C=O) groups excluding carboxylic acids is 1. The lowest BCUT2D eigenvalue weighted by molar-refractivity contribution is 0.111. The molecule has 118 valence electrons. The van der Waals surface area contributed by atoms with Crippen molar-refractivity contribution in [2.24, 2.45) is 0 Å². The number of halogens is 1. The predicted molar refractivity (Wildman–Crippen MR) is 80.6 cm³/mol. The van der Waals surface area contributed by atoms with Gasteiger partial charge in [0, 0.05) is 18.3 Å². The number of ether oxygens (including phenoxy) is 2. The van der Waals surface area contributed by atoms with Crippen LogP contribution in [0.4, 0.5) is 4.39 Å². The molecule has 0 N–H and O–H groups in total. The van der Waals surface area contributed by atoms with Gasteiger partial charge in [-0.3, -0.25) is 4.79 Å². The molecule has 0 aliphatic rings. The Morgan fingerprint density at radius 3 is 3.00 bits per heavy atom. The number of carbonyl (C=O) groups is 1. The normalized spacial score (nSPS) is 10.7. The number of rotatable bonds is 6. The summed E-state index contributed by atoms with van der Waals surface area (Å²) in [5.41, 5.74) is 1.02. The second-order valence-corrected chi connectivity index (χ2v) is 4.83. The highest BCUT2D eigenvalue weighted by molar-refractivity contribution is 5.75. The molecule has 0 unspecified atom stereocenters. The van der Waals surface area contributed by atoms with Gasteiger partial charge in [0.05, 0.1) is 18.3 Å². The van der Waals surface area contributed by atoms with E-state index in [1.54, 1.807) is 28.9 Å². The molecule has 3 aromatic rings. The lowest BCUT2D eigenvalue weighted by Crippen LogP contribution is -2.00. The first kappa shape index (κ1) is 15.0. The zero-order valence-electron chi connectivity index (χ0n) is 12.4. The van der Waals surface area contributed by atoms with Crippen LogP contribution in [0.5, 0.6) is 17.4 Å². The lowest BCUT2D eigenvalue weighted by atomic mass is 10.3. The van der Waals surface area contributed by atoms with E-state index < -0.39 is 5.82 Å². The fourth-order valence-electron chi connectivity index (χ4n) is 2.03. The first-order chi connectivity index (χ1) is 11.2. The maximum absolute atomic E-state index is 13.3. The smallest absolute Gasteiger partial charge is 0.262 e. The minimum Gasteiger partial charge on any atom is -0.488 e. The van der Waals surface area contributed by atoms with Crippen molar-refractivity contribution in [3.05, 3.63) is 48.2 Å². The molecule has 6 nitrogen and oxygen atoms in total. The van der Waals surface area contributed by atoms with Crippen molar-refractivity contribution in [2.75, 3.05) is 6.61 Å². The van der Waals surface area contributed by atoms with Crippen molar-refractivity contribution < 1.29 is 18.7 Å². The SMILES string of the molecule is CCCOc1cc(F)cnc1Oc1ccn2nc(C=O)cc2c1. The molecule has 3 aromatic heterocycles. The number of fused-ring (bicyclic) bond motifs is 1. The van der Waals surface area contributed by atoms with Crippen LogP contribution in [0, 0.1) is 5.82 Å². The Balaban J connectivity index is 1.90. The molecule has 7 heteroatoms. The van der Waals surface area contributed by atoms with Gasteiger partial charge in [-0.1, -0.05) is 6.92 Å². The third-order valence-corrected chi connectivity index (χ3v) is 3.04. The van der Waals surface area contributed by atoms with Crippen LogP contribution in [0.25, 0.3) is 5.52 Å². The third kappa shape index (κ3) is 3.28. The average molecular weight is 315 g/mol. The molecule has 0 saturated carbocycles. The fraction of sp³-hybridized carbons (Fsp3) is 0.188. The summed E-state index contributed by atoms with van der Waals surface area (Å²) in [5.74, 6) is 0.411. The van der Waals surface area contributed by atoms with Crippen molar-refractivity contribution >= 4 is 11.8 Å². The first-order valence-corrected chi connectivity index (χ1v) is 7.10. The number of nitrogens with zero attached hydrogens (tertiary/aromatic N) is 3. The second kappa shape index (κ2) is 6.43. The third-order valence-electron chi connectivity index (χ3n) is 3.04. The Bertz CT molecular complexity index is 848. The molecule has 0 radical (unpaired) electrons. The molecular formula is C16H14FN3O3. The zero-order valence-corrected chi connectivity index (χ0v) is 12.4. The molecule has 0 aromatic carbocycles. The molecule has 0 aliphatic carbocycles. The molecule has 3 rings (SSSR count). The topological polar surface area (TPSA) is 65.7 Å². The summed E-state index contributed by atoms with van der Waals surface area (Å²) in [5, 5.41) is 4.05. The molecule has 0 fully saturated rings. The molecule has 0 amide bonds. The summed E-state index contributed by atoms with van der Waals surface area (Å²) < 4.78 is 26.0. The van der Waals surface area contributed by atoms with Crippen LogP contribution < -0.4 is 9.47 Å². The molecule has 0 bridgehead atoms. The number of aldehydes is 1. The first-order valence-electron chi connectivity index (χ1n) is 7.10. The fourth-order valence-corrected chi connectivity index (χ4v) is 2.03. The molecule has 0 atom stereocenters. The maximum atomic E-state index is 13.3. The minimum absolute atomic E-state index is 0.180. The highest BCUT2D eigenvalue weighted by Crippen LogP contribution is 2.30. The summed E-state index contributed by atoms with van der Waals surface area (Å²) in [7, 11) is 0. The van der Waals surface area contributed by atoms with E-state index in [1.165, 1.54) is 6.07 Å². The summed E-state index contributed by atoms with van der Waals surface area (Å²) in [6, 6.07) is 6.24. The monoisotopic (exact) mass is 315 g/mol. The van der Waals surface area contributed by atoms with Gasteiger partial charge in [-0.05, 0) is 18.6 Å². The van der Waals surface area contributed by atoms with Crippen LogP contribution in [-0.2, 0) is 0 Å². The van der Waals surface area contributed by atoms with Gasteiger partial charge < -0.3 is 9.47 Å². The van der Waals surface area contributed by atoms with Crippen LogP contribution in [0.3, 0.4) is 0 Å². The van der Waals surface area contributed by atoms with Gasteiger partial charge in [-0.2, -0.15) is 5.10 Å². The largest absolute Gasteiger partial charge is 0.488 e. The highest BCUT2D eigenvalue weighted by Gasteiger charge is 2.11. The lowest BCUT2D eigenvalue weighted by Gasteiger charge is -2.11. The number of pyridine rings is 2. The summed E-state index contributed by atoms with van der Waals surface area (Å²) in [4.78, 5) is 14.7. The van der Waals surface area contributed by atoms with Crippen molar-refractivity contribution in [2.45, 2.75) is 13.3 Å². The van der Waals surface area contributed by atoms with E-state index in [0.717, 1.165) is 12.6 Å². The van der Waals surface area contributed by atoms with Crippen LogP contribution in [0.15, 0.2) is 36.7 Å². The second-order valence-electron chi connectivity index (χ2n) is 4.83. The maximum Gasteiger partial charge on any atom is 0.262 e. The highest BCUT2D eigenvalue weighted by atomic mass is 19.1. The van der Waals surface area contributed by atoms with Crippen LogP contribution in [0.1, 0.15) is 23.8 Å². The van der Waals surface area contributed by atoms with Gasteiger partial charge in [0.15, 0.2) is 12.0 Å². The summed E-state index contributed by atoms with van der Waals surface area (Å²) in [6.07, 6.45) is 4.18. The van der Waals surface area contributed by atoms with Gasteiger partial charge in [0.25, 0.3) is 5.88 Å². The minimum atomic E-state index is -0.495. The van der Waals surface area contributed by atoms with Gasteiger partial charge in [0.2, 0.25) is 0 Å². The molecule has 0 saturated heterocycles. The van der Waals surface area contributed by atoms with Gasteiger partial charge in [-0.25, -0.2) is 13.9 Å². The van der Waals surface area contributed by atoms with Crippen LogP contribution >= 0.6 is 0 Å². The molecular weight excluding hydrogens is 301 g/mol. The van der Waals surface area contributed by atoms with E-state index in [9.17, 15) is 9.18 Å². The molecule has 23 heavy (non-hydrogen) atoms. The van der Waals surface area contributed by atoms with E-state index in [1.807, 2.05) is 6.92 Å². The molecule has 0 spiro atoms. The number of aromatic nitrogens is 3. The Kier molecular flexibility index (Phi) is 4.18. The number of hydrogen-bond donors (Lipinski definition) is 0. The Labute approximate surface area is 131 Å². The summed E-state index contributed by atoms with van der Waals surface area (Å²) in [6.45, 7) is 2.39. The van der Waals surface area contributed by atoms with Crippen LogP contribution in [0.2, 0.25) is 0 Å². The molecule has 3 heterocycles. The summed E-state index contributed by atoms with van der Waals surface area (Å²) >= 11 is 0. The predicted octanol–water partition coefficient (Wildman–Crippen LogP) is 3.26. The van der Waals surface area contributed by atoms with Crippen molar-refractivity contribution in [3.8, 4) is 17.4 Å². The van der Waals surface area contributed by atoms with Crippen molar-refractivity contribution in [1.29, 1.82) is 0 Å². The average Bonchev–Trinajstić information content (AvgIpc) is 2.97. The number of hydrogen-bond acceptors (Lipinski definition) is 5. The zero-order chi connectivity index (χ0) is 16.2. The van der Waals surface area contributed by atoms with Gasteiger partial charge in [0.1, 0.15) is 17.3 Å². The van der Waals surface area contributed by atoms with E-state index in [4.69, 9.17) is 9.47 Å². The van der Waals surface area contributed by atoms with Gasteiger partial charge in [-0.15, -0.1) is 0 Å². The van der Waals surface area contributed by atoms with E-state index in [0.29, 0.717) is 29.9 Å². The standard InChI is InChI=1S/C16H14FN3O3/c1-2-5-22-15-6-11(17)9-18-16(15)23-14-3-4-20-13(8-14)7-12(10-21)19-20/h3-4,6-10H,2,5H2,1H3. The quantitative estimate of drug-likeness (QED) is 0.653. The van der Waals surface area contributed by atoms with Gasteiger partial charge >= 0.3 is 0 Å². The van der Waals surface area contributed by atoms with E-state index >= 15 is 0 Å². The van der Waals surface area contributed by atoms with E-state index in [2.05, 4.69) is 10.1 Å². The Hall–Kier alpha value is -2.96. The Morgan fingerprint density at radius 2 is 2.22 bits per heavy atom. The molecule has 0 aliphatic heterocycles. The van der Waals surface area contributed by atoms with E-state index in [-0.39, 0.29) is 11.6 Å². The van der Waals surface area contributed by atoms with Crippen molar-refractivity contribution in [1.82, 2.24) is 14.6 Å². The Morgan fingerprint density at radius 1 is 1.35 bits per heavy atom. The van der Waals surface area contributed by atoms with Crippen LogP contribution in [-0.4, -0.2) is 27.5 Å².